The van der Waals surface area contributed by atoms with E-state index in [4.69, 9.17) is 0 Å². The van der Waals surface area contributed by atoms with Crippen molar-refractivity contribution in [2.24, 2.45) is 5.92 Å². The Bertz CT molecular complexity index is 1110. The lowest BCUT2D eigenvalue weighted by atomic mass is 9.99. The minimum Gasteiger partial charge on any atom is -0.478 e. The first kappa shape index (κ1) is 21.3. The van der Waals surface area contributed by atoms with E-state index in [9.17, 15) is 14.7 Å². The van der Waals surface area contributed by atoms with Crippen molar-refractivity contribution < 1.29 is 9.90 Å². The molecule has 2 aromatic carbocycles. The zero-order chi connectivity index (χ0) is 21.7. The molecule has 0 unspecified atom stereocenters. The summed E-state index contributed by atoms with van der Waals surface area (Å²) in [5, 5.41) is 13.9. The summed E-state index contributed by atoms with van der Waals surface area (Å²) in [6.45, 7) is 7.13. The second-order valence-corrected chi connectivity index (χ2v) is 7.66. The van der Waals surface area contributed by atoms with Crippen LogP contribution in [0.3, 0.4) is 0 Å². The van der Waals surface area contributed by atoms with Gasteiger partial charge in [0.05, 0.1) is 12.1 Å². The number of hydrogen-bond acceptors (Lipinski definition) is 3. The van der Waals surface area contributed by atoms with Crippen LogP contribution in [-0.4, -0.2) is 25.4 Å². The number of nitrogens with zero attached hydrogens (tertiary/aromatic N) is 3. The number of carboxylic acids is 1. The fraction of sp³-hybridized carbons (Fsp3) is 0.292. The van der Waals surface area contributed by atoms with Crippen molar-refractivity contribution in [3.8, 4) is 11.1 Å². The summed E-state index contributed by atoms with van der Waals surface area (Å²) in [4.78, 5) is 24.4. The summed E-state index contributed by atoms with van der Waals surface area (Å²) >= 11 is 0. The first-order valence-corrected chi connectivity index (χ1v) is 10.2. The molecule has 3 rings (SSSR count). The second kappa shape index (κ2) is 9.39. The molecule has 0 amide bonds. The molecule has 0 radical (unpaired) electrons. The standard InChI is InChI=1S/C24H27N3O3/c1-4-5-10-22-25-27(15-17(2)3)24(30)26(22)16-18-11-13-19(14-12-18)20-8-6-7-9-21(20)23(28)29/h5-14,17H,4,15-16H2,1-3H3,(H,28,29). The summed E-state index contributed by atoms with van der Waals surface area (Å²) in [6, 6.07) is 14.6. The molecule has 0 saturated heterocycles. The van der Waals surface area contributed by atoms with Gasteiger partial charge in [-0.15, -0.1) is 0 Å². The number of aromatic nitrogens is 3. The quantitative estimate of drug-likeness (QED) is 0.597. The zero-order valence-corrected chi connectivity index (χ0v) is 17.6. The SMILES string of the molecule is CCC=Cc1nn(CC(C)C)c(=O)n1Cc1ccc(-c2ccccc2C(=O)O)cc1. The molecule has 1 N–H and O–H groups in total. The largest absolute Gasteiger partial charge is 0.478 e. The van der Waals surface area contributed by atoms with Gasteiger partial charge in [-0.3, -0.25) is 4.57 Å². The maximum absolute atomic E-state index is 12.9. The molecule has 0 bridgehead atoms. The number of aromatic carboxylic acids is 1. The molecule has 30 heavy (non-hydrogen) atoms. The van der Waals surface area contributed by atoms with E-state index >= 15 is 0 Å². The van der Waals surface area contributed by atoms with Gasteiger partial charge in [-0.25, -0.2) is 14.3 Å². The highest BCUT2D eigenvalue weighted by Crippen LogP contribution is 2.24. The number of benzene rings is 2. The highest BCUT2D eigenvalue weighted by atomic mass is 16.4. The Labute approximate surface area is 176 Å². The fourth-order valence-electron chi connectivity index (χ4n) is 3.31. The number of allylic oxidation sites excluding steroid dienone is 1. The first-order valence-electron chi connectivity index (χ1n) is 10.2. The van der Waals surface area contributed by atoms with Crippen LogP contribution in [0, 0.1) is 5.92 Å². The van der Waals surface area contributed by atoms with Gasteiger partial charge in [0.2, 0.25) is 0 Å². The molecule has 0 aliphatic heterocycles. The topological polar surface area (TPSA) is 77.1 Å². The van der Waals surface area contributed by atoms with E-state index in [0.717, 1.165) is 17.5 Å². The molecule has 0 saturated carbocycles. The molecule has 6 nitrogen and oxygen atoms in total. The van der Waals surface area contributed by atoms with Crippen LogP contribution < -0.4 is 5.69 Å². The van der Waals surface area contributed by atoms with Gasteiger partial charge in [0, 0.05) is 6.54 Å². The van der Waals surface area contributed by atoms with E-state index in [0.29, 0.717) is 30.4 Å². The zero-order valence-electron chi connectivity index (χ0n) is 17.6. The highest BCUT2D eigenvalue weighted by Gasteiger charge is 2.14. The van der Waals surface area contributed by atoms with Crippen LogP contribution in [0.25, 0.3) is 17.2 Å². The van der Waals surface area contributed by atoms with Gasteiger partial charge >= 0.3 is 11.7 Å². The molecule has 1 aromatic heterocycles. The Balaban J connectivity index is 1.92. The predicted molar refractivity (Wildman–Crippen MR) is 119 cm³/mol. The number of rotatable bonds is 8. The average molecular weight is 405 g/mol. The number of hydrogen-bond donors (Lipinski definition) is 1. The second-order valence-electron chi connectivity index (χ2n) is 7.66. The minimum absolute atomic E-state index is 0.125. The third-order valence-corrected chi connectivity index (χ3v) is 4.76. The lowest BCUT2D eigenvalue weighted by Gasteiger charge is -2.08. The lowest BCUT2D eigenvalue weighted by Crippen LogP contribution is -2.27. The van der Waals surface area contributed by atoms with Gasteiger partial charge in [-0.05, 0) is 41.2 Å². The van der Waals surface area contributed by atoms with E-state index in [-0.39, 0.29) is 11.3 Å². The van der Waals surface area contributed by atoms with Gasteiger partial charge in [-0.2, -0.15) is 5.10 Å². The average Bonchev–Trinajstić information content (AvgIpc) is 3.01. The molecule has 156 valence electrons. The van der Waals surface area contributed by atoms with E-state index < -0.39 is 5.97 Å². The van der Waals surface area contributed by atoms with Crippen LogP contribution in [0.1, 0.15) is 48.9 Å². The van der Waals surface area contributed by atoms with Gasteiger partial charge in [0.25, 0.3) is 0 Å². The summed E-state index contributed by atoms with van der Waals surface area (Å²) in [6.07, 6.45) is 4.74. The fourth-order valence-corrected chi connectivity index (χ4v) is 3.31. The Hall–Kier alpha value is -3.41. The molecular formula is C24H27N3O3. The van der Waals surface area contributed by atoms with E-state index in [1.165, 1.54) is 4.68 Å². The Morgan fingerprint density at radius 3 is 2.47 bits per heavy atom. The molecule has 0 spiro atoms. The molecule has 0 aliphatic carbocycles. The van der Waals surface area contributed by atoms with Crippen molar-refractivity contribution in [2.75, 3.05) is 0 Å². The Morgan fingerprint density at radius 1 is 1.13 bits per heavy atom. The molecule has 0 aliphatic rings. The normalized spacial score (nSPS) is 11.5. The molecule has 0 atom stereocenters. The summed E-state index contributed by atoms with van der Waals surface area (Å²) in [5.74, 6) is 0.0107. The smallest absolute Gasteiger partial charge is 0.346 e. The van der Waals surface area contributed by atoms with Crippen LogP contribution in [-0.2, 0) is 13.1 Å². The van der Waals surface area contributed by atoms with Crippen LogP contribution in [0.2, 0.25) is 0 Å². The van der Waals surface area contributed by atoms with Crippen molar-refractivity contribution in [1.29, 1.82) is 0 Å². The number of carbonyl (C=O) groups is 1. The maximum atomic E-state index is 12.9. The first-order chi connectivity index (χ1) is 14.4. The van der Waals surface area contributed by atoms with Crippen molar-refractivity contribution >= 4 is 12.0 Å². The highest BCUT2D eigenvalue weighted by molar-refractivity contribution is 5.95. The molecule has 6 heteroatoms. The van der Waals surface area contributed by atoms with Crippen LogP contribution in [0.5, 0.6) is 0 Å². The monoisotopic (exact) mass is 405 g/mol. The van der Waals surface area contributed by atoms with Crippen molar-refractivity contribution in [3.05, 3.63) is 82.0 Å². The molecular weight excluding hydrogens is 378 g/mol. The molecule has 1 heterocycles. The van der Waals surface area contributed by atoms with Gasteiger partial charge < -0.3 is 5.11 Å². The van der Waals surface area contributed by atoms with Gasteiger partial charge in [0.1, 0.15) is 0 Å². The summed E-state index contributed by atoms with van der Waals surface area (Å²) in [7, 11) is 0. The van der Waals surface area contributed by atoms with Crippen LogP contribution in [0.15, 0.2) is 59.4 Å². The van der Waals surface area contributed by atoms with Crippen molar-refractivity contribution in [3.63, 3.8) is 0 Å². The summed E-state index contributed by atoms with van der Waals surface area (Å²) in [5.41, 5.74) is 2.59. The Morgan fingerprint density at radius 2 is 1.83 bits per heavy atom. The molecule has 3 aromatic rings. The Kier molecular flexibility index (Phi) is 6.67. The third kappa shape index (κ3) is 4.76. The number of carboxylic acid groups (broad SMARTS) is 1. The minimum atomic E-state index is -0.953. The van der Waals surface area contributed by atoms with Crippen molar-refractivity contribution in [1.82, 2.24) is 14.3 Å². The van der Waals surface area contributed by atoms with Crippen LogP contribution >= 0.6 is 0 Å². The predicted octanol–water partition coefficient (Wildman–Crippen LogP) is 4.54. The third-order valence-electron chi connectivity index (χ3n) is 4.76. The maximum Gasteiger partial charge on any atom is 0.346 e. The van der Waals surface area contributed by atoms with Crippen LogP contribution in [0.4, 0.5) is 0 Å². The van der Waals surface area contributed by atoms with E-state index in [2.05, 4.69) is 18.9 Å². The van der Waals surface area contributed by atoms with E-state index in [1.807, 2.05) is 49.4 Å². The summed E-state index contributed by atoms with van der Waals surface area (Å²) < 4.78 is 3.20. The van der Waals surface area contributed by atoms with Gasteiger partial charge in [0.15, 0.2) is 5.82 Å². The molecule has 0 fully saturated rings. The van der Waals surface area contributed by atoms with Crippen molar-refractivity contribution in [2.45, 2.75) is 40.3 Å². The van der Waals surface area contributed by atoms with E-state index in [1.54, 1.807) is 22.8 Å². The van der Waals surface area contributed by atoms with Gasteiger partial charge in [-0.1, -0.05) is 69.3 Å². The lowest BCUT2D eigenvalue weighted by molar-refractivity contribution is 0.0697.